The zero-order valence-electron chi connectivity index (χ0n) is 6.92. The lowest BCUT2D eigenvalue weighted by Gasteiger charge is -2.23. The van der Waals surface area contributed by atoms with Crippen molar-refractivity contribution in [2.45, 2.75) is 38.3 Å². The highest BCUT2D eigenvalue weighted by atomic mass is 19.4. The van der Waals surface area contributed by atoms with Gasteiger partial charge in [-0.1, -0.05) is 0 Å². The van der Waals surface area contributed by atoms with Gasteiger partial charge in [-0.15, -0.1) is 0 Å². The smallest absolute Gasteiger partial charge is 0.296 e. The summed E-state index contributed by atoms with van der Waals surface area (Å²) in [5.41, 5.74) is 0. The van der Waals surface area contributed by atoms with Crippen LogP contribution in [0.2, 0.25) is 0 Å². The molecule has 7 heteroatoms. The highest BCUT2D eigenvalue weighted by Gasteiger charge is 2.42. The van der Waals surface area contributed by atoms with Crippen molar-refractivity contribution in [2.24, 2.45) is 0 Å². The van der Waals surface area contributed by atoms with Crippen molar-refractivity contribution in [3.63, 3.8) is 0 Å². The second kappa shape index (κ2) is 3.73. The van der Waals surface area contributed by atoms with Crippen molar-refractivity contribution in [3.05, 3.63) is 0 Å². The van der Waals surface area contributed by atoms with Crippen molar-refractivity contribution in [1.29, 1.82) is 0 Å². The largest absolute Gasteiger partial charge is 0.403 e. The van der Waals surface area contributed by atoms with Gasteiger partial charge in [0.15, 0.2) is 0 Å². The number of hydrogen-bond donors (Lipinski definition) is 1. The number of nitrogens with one attached hydrogen (secondary N) is 1. The second-order valence-electron chi connectivity index (χ2n) is 2.69. The molecule has 0 aromatic carbocycles. The van der Waals surface area contributed by atoms with Crippen LogP contribution >= 0.6 is 0 Å². The molecule has 0 saturated carbocycles. The molecule has 0 aliphatic carbocycles. The van der Waals surface area contributed by atoms with E-state index in [-0.39, 0.29) is 0 Å². The molecule has 0 fully saturated rings. The van der Waals surface area contributed by atoms with E-state index in [1.165, 1.54) is 5.32 Å². The fourth-order valence-corrected chi connectivity index (χ4v) is 0.564. The molecular formula is C6H9F6N. The van der Waals surface area contributed by atoms with Gasteiger partial charge in [-0.25, -0.2) is 0 Å². The molecule has 1 nitrogen and oxygen atoms in total. The highest BCUT2D eigenvalue weighted by molar-refractivity contribution is 4.77. The Morgan fingerprint density at radius 3 is 1.15 bits per heavy atom. The molecule has 0 aromatic rings. The van der Waals surface area contributed by atoms with E-state index in [0.717, 1.165) is 0 Å². The summed E-state index contributed by atoms with van der Waals surface area (Å²) >= 11 is 0. The quantitative estimate of drug-likeness (QED) is 0.689. The molecule has 0 aromatic heterocycles. The van der Waals surface area contributed by atoms with Crippen LogP contribution in [0.3, 0.4) is 0 Å². The van der Waals surface area contributed by atoms with Crippen molar-refractivity contribution in [3.8, 4) is 0 Å². The van der Waals surface area contributed by atoms with Crippen LogP contribution in [-0.2, 0) is 0 Å². The van der Waals surface area contributed by atoms with Gasteiger partial charge >= 0.3 is 12.4 Å². The van der Waals surface area contributed by atoms with Crippen LogP contribution in [-0.4, -0.2) is 24.4 Å². The molecule has 0 saturated heterocycles. The van der Waals surface area contributed by atoms with E-state index in [4.69, 9.17) is 0 Å². The van der Waals surface area contributed by atoms with Crippen molar-refractivity contribution < 1.29 is 26.3 Å². The Balaban J connectivity index is 4.15. The minimum atomic E-state index is -4.65. The van der Waals surface area contributed by atoms with E-state index in [2.05, 4.69) is 0 Å². The Labute approximate surface area is 71.1 Å². The predicted octanol–water partition coefficient (Wildman–Crippen LogP) is 2.48. The predicted molar refractivity (Wildman–Crippen MR) is 34.2 cm³/mol. The first-order valence-corrected chi connectivity index (χ1v) is 3.44. The number of halogens is 6. The van der Waals surface area contributed by atoms with Crippen molar-refractivity contribution in [2.75, 3.05) is 0 Å². The van der Waals surface area contributed by atoms with Crippen molar-refractivity contribution in [1.82, 2.24) is 5.32 Å². The van der Waals surface area contributed by atoms with Crippen LogP contribution < -0.4 is 5.32 Å². The van der Waals surface area contributed by atoms with E-state index < -0.39 is 24.4 Å². The highest BCUT2D eigenvalue weighted by Crippen LogP contribution is 2.24. The van der Waals surface area contributed by atoms with E-state index in [1.807, 2.05) is 0 Å². The zero-order chi connectivity index (χ0) is 10.9. The Morgan fingerprint density at radius 1 is 0.769 bits per heavy atom. The second-order valence-corrected chi connectivity index (χ2v) is 2.69. The average molecular weight is 209 g/mol. The molecule has 0 spiro atoms. The molecule has 0 bridgehead atoms. The van der Waals surface area contributed by atoms with Crippen LogP contribution in [0.4, 0.5) is 26.3 Å². The molecule has 80 valence electrons. The molecule has 1 N–H and O–H groups in total. The molecule has 0 amide bonds. The van der Waals surface area contributed by atoms with Crippen LogP contribution in [0.25, 0.3) is 0 Å². The molecule has 0 radical (unpaired) electrons. The third-order valence-electron chi connectivity index (χ3n) is 1.48. The number of alkyl halides is 6. The SMILES string of the molecule is CC(NC(C)C(F)(F)F)C(F)(F)F. The summed E-state index contributed by atoms with van der Waals surface area (Å²) in [6.45, 7) is 1.28. The third-order valence-corrected chi connectivity index (χ3v) is 1.48. The summed E-state index contributed by atoms with van der Waals surface area (Å²) in [5, 5.41) is 1.41. The summed E-state index contributed by atoms with van der Waals surface area (Å²) in [5.74, 6) is 0. The Kier molecular flexibility index (Phi) is 3.60. The normalized spacial score (nSPS) is 18.5. The maximum absolute atomic E-state index is 11.8. The first-order chi connectivity index (χ1) is 5.55. The van der Waals surface area contributed by atoms with Crippen molar-refractivity contribution >= 4 is 0 Å². The van der Waals surface area contributed by atoms with Gasteiger partial charge < -0.3 is 0 Å². The molecule has 2 atom stereocenters. The topological polar surface area (TPSA) is 12.0 Å². The van der Waals surface area contributed by atoms with Gasteiger partial charge in [-0.05, 0) is 13.8 Å². The van der Waals surface area contributed by atoms with Gasteiger partial charge in [-0.3, -0.25) is 5.32 Å². The molecule has 0 rings (SSSR count). The van der Waals surface area contributed by atoms with Crippen LogP contribution in [0.5, 0.6) is 0 Å². The summed E-state index contributed by atoms with van der Waals surface area (Å²) in [6, 6.07) is -4.33. The average Bonchev–Trinajstić information content (AvgIpc) is 1.82. The van der Waals surface area contributed by atoms with Gasteiger partial charge in [-0.2, -0.15) is 26.3 Å². The van der Waals surface area contributed by atoms with E-state index in [9.17, 15) is 26.3 Å². The fourth-order valence-electron chi connectivity index (χ4n) is 0.564. The van der Waals surface area contributed by atoms with Crippen LogP contribution in [0.1, 0.15) is 13.8 Å². The Hall–Kier alpha value is -0.460. The molecule has 0 heterocycles. The summed E-state index contributed by atoms with van der Waals surface area (Å²) in [4.78, 5) is 0. The molecule has 2 unspecified atom stereocenters. The van der Waals surface area contributed by atoms with Crippen LogP contribution in [0.15, 0.2) is 0 Å². The number of hydrogen-bond acceptors (Lipinski definition) is 1. The number of rotatable bonds is 2. The summed E-state index contributed by atoms with van der Waals surface area (Å²) in [7, 11) is 0. The molecular weight excluding hydrogens is 200 g/mol. The first-order valence-electron chi connectivity index (χ1n) is 3.44. The fraction of sp³-hybridized carbons (Fsp3) is 1.00. The standard InChI is InChI=1S/C6H9F6N/c1-3(5(7,8)9)13-4(2)6(10,11)12/h3-4,13H,1-2H3. The van der Waals surface area contributed by atoms with Gasteiger partial charge in [0.2, 0.25) is 0 Å². The van der Waals surface area contributed by atoms with Gasteiger partial charge in [0.25, 0.3) is 0 Å². The maximum Gasteiger partial charge on any atom is 0.403 e. The minimum Gasteiger partial charge on any atom is -0.296 e. The van der Waals surface area contributed by atoms with Crippen LogP contribution in [0, 0.1) is 0 Å². The molecule has 0 aliphatic heterocycles. The summed E-state index contributed by atoms with van der Waals surface area (Å²) < 4.78 is 70.6. The Bertz CT molecular complexity index is 141. The lowest BCUT2D eigenvalue weighted by molar-refractivity contribution is -0.181. The maximum atomic E-state index is 11.8. The van der Waals surface area contributed by atoms with Gasteiger partial charge in [0.1, 0.15) is 12.1 Å². The monoisotopic (exact) mass is 209 g/mol. The Morgan fingerprint density at radius 2 is 1.00 bits per heavy atom. The zero-order valence-corrected chi connectivity index (χ0v) is 6.92. The van der Waals surface area contributed by atoms with E-state index >= 15 is 0 Å². The third kappa shape index (κ3) is 4.35. The summed E-state index contributed by atoms with van der Waals surface area (Å²) in [6.07, 6.45) is -9.31. The minimum absolute atomic E-state index is 0.641. The van der Waals surface area contributed by atoms with E-state index in [0.29, 0.717) is 13.8 Å². The molecule has 0 aliphatic rings. The van der Waals surface area contributed by atoms with E-state index in [1.54, 1.807) is 0 Å². The first kappa shape index (κ1) is 12.5. The lowest BCUT2D eigenvalue weighted by atomic mass is 10.2. The lowest BCUT2D eigenvalue weighted by Crippen LogP contribution is -2.49. The molecule has 13 heavy (non-hydrogen) atoms. The van der Waals surface area contributed by atoms with Gasteiger partial charge in [0, 0.05) is 0 Å². The van der Waals surface area contributed by atoms with Gasteiger partial charge in [0.05, 0.1) is 0 Å².